The van der Waals surface area contributed by atoms with E-state index in [-0.39, 0.29) is 52.8 Å². The Labute approximate surface area is 316 Å². The summed E-state index contributed by atoms with van der Waals surface area (Å²) in [4.78, 5) is 31.1. The zero-order valence-corrected chi connectivity index (χ0v) is 31.0. The number of hydrogen-bond acceptors (Lipinski definition) is 7. The fraction of sp³-hybridized carbons (Fsp3) is 0.375. The smallest absolute Gasteiger partial charge is 0.252 e. The zero-order valence-electron chi connectivity index (χ0n) is 29.5. The van der Waals surface area contributed by atoms with Gasteiger partial charge >= 0.3 is 0 Å². The third-order valence-corrected chi connectivity index (χ3v) is 10.8. The Hall–Kier alpha value is -4.29. The maximum absolute atomic E-state index is 14.8. The molecule has 0 unspecified atom stereocenters. The van der Waals surface area contributed by atoms with Crippen molar-refractivity contribution in [2.45, 2.75) is 70.3 Å². The van der Waals surface area contributed by atoms with Crippen LogP contribution < -0.4 is 10.1 Å². The Kier molecular flexibility index (Phi) is 11.2. The fourth-order valence-electron chi connectivity index (χ4n) is 7.21. The van der Waals surface area contributed by atoms with Crippen molar-refractivity contribution in [3.05, 3.63) is 110 Å². The first-order valence-corrected chi connectivity index (χ1v) is 18.5. The summed E-state index contributed by atoms with van der Waals surface area (Å²) in [6, 6.07) is 16.7. The van der Waals surface area contributed by atoms with Crippen LogP contribution in [0.5, 0.6) is 5.75 Å². The number of piperazine rings is 1. The molecule has 1 aromatic heterocycles. The molecule has 2 atom stereocenters. The number of aromatic nitrogens is 1. The minimum absolute atomic E-state index is 0.00944. The van der Waals surface area contributed by atoms with Gasteiger partial charge in [0.1, 0.15) is 29.7 Å². The molecule has 2 fully saturated rings. The highest BCUT2D eigenvalue weighted by molar-refractivity contribution is 6.33. The van der Waals surface area contributed by atoms with Crippen LogP contribution in [0.1, 0.15) is 55.1 Å². The molecule has 7 rings (SSSR count). The summed E-state index contributed by atoms with van der Waals surface area (Å²) in [5, 5.41) is 7.74. The van der Waals surface area contributed by atoms with Crippen LogP contribution in [0.15, 0.2) is 70.8 Å². The number of halogens is 4. The molecule has 3 heterocycles. The molecule has 2 amide bonds. The SMILES string of the molecule is COCCCc1ccc(Cl)c(CN(C(=O)C2=C(c3ccc(OCc4cc(-c5c(F)ccc(F)c5Cl)no4)cc3)C[C@@H]3CN(C(C)=O)C[C@@H]2N3)C2CC2)c1. The minimum Gasteiger partial charge on any atom is -0.486 e. The Balaban J connectivity index is 1.14. The quantitative estimate of drug-likeness (QED) is 0.111. The first-order chi connectivity index (χ1) is 25.6. The van der Waals surface area contributed by atoms with E-state index in [2.05, 4.69) is 16.5 Å². The van der Waals surface area contributed by atoms with E-state index in [0.29, 0.717) is 54.8 Å². The van der Waals surface area contributed by atoms with Crippen LogP contribution in [0.25, 0.3) is 16.8 Å². The Morgan fingerprint density at radius 2 is 1.81 bits per heavy atom. The highest BCUT2D eigenvalue weighted by Crippen LogP contribution is 2.39. The number of amides is 2. The Morgan fingerprint density at radius 3 is 2.55 bits per heavy atom. The molecule has 0 spiro atoms. The molecule has 2 bridgehead atoms. The lowest BCUT2D eigenvalue weighted by molar-refractivity contribution is -0.132. The van der Waals surface area contributed by atoms with Crippen molar-refractivity contribution >= 4 is 40.6 Å². The van der Waals surface area contributed by atoms with Crippen molar-refractivity contribution in [1.82, 2.24) is 20.3 Å². The molecule has 2 aliphatic heterocycles. The van der Waals surface area contributed by atoms with E-state index in [1.54, 1.807) is 14.0 Å². The second-order valence-electron chi connectivity index (χ2n) is 13.8. The fourth-order valence-corrected chi connectivity index (χ4v) is 7.64. The number of carbonyl (C=O) groups is 2. The van der Waals surface area contributed by atoms with E-state index in [9.17, 15) is 18.4 Å². The topological polar surface area (TPSA) is 97.1 Å². The van der Waals surface area contributed by atoms with Crippen molar-refractivity contribution < 1.29 is 32.4 Å². The highest BCUT2D eigenvalue weighted by Gasteiger charge is 2.43. The van der Waals surface area contributed by atoms with Crippen molar-refractivity contribution in [1.29, 1.82) is 0 Å². The van der Waals surface area contributed by atoms with Gasteiger partial charge in [-0.05, 0) is 84.7 Å². The van der Waals surface area contributed by atoms with Crippen LogP contribution in [-0.2, 0) is 33.9 Å². The number of ether oxygens (including phenoxy) is 2. The largest absolute Gasteiger partial charge is 0.486 e. The Morgan fingerprint density at radius 1 is 1.04 bits per heavy atom. The molecule has 1 saturated carbocycles. The van der Waals surface area contributed by atoms with Crippen LogP contribution in [0.4, 0.5) is 8.78 Å². The molecule has 53 heavy (non-hydrogen) atoms. The van der Waals surface area contributed by atoms with Gasteiger partial charge in [-0.1, -0.05) is 52.6 Å². The lowest BCUT2D eigenvalue weighted by Crippen LogP contribution is -2.61. The van der Waals surface area contributed by atoms with E-state index < -0.39 is 11.6 Å². The number of rotatable bonds is 13. The number of fused-ring (bicyclic) bond motifs is 2. The summed E-state index contributed by atoms with van der Waals surface area (Å²) in [6.45, 7) is 3.56. The van der Waals surface area contributed by atoms with Gasteiger partial charge in [0.05, 0.1) is 16.6 Å². The summed E-state index contributed by atoms with van der Waals surface area (Å²) in [6.07, 6.45) is 4.14. The van der Waals surface area contributed by atoms with Gasteiger partial charge in [-0.3, -0.25) is 9.59 Å². The van der Waals surface area contributed by atoms with Crippen molar-refractivity contribution in [3.8, 4) is 17.0 Å². The monoisotopic (exact) mass is 764 g/mol. The predicted molar refractivity (Wildman–Crippen MR) is 197 cm³/mol. The van der Waals surface area contributed by atoms with Crippen LogP contribution in [0.3, 0.4) is 0 Å². The summed E-state index contributed by atoms with van der Waals surface area (Å²) < 4.78 is 44.9. The molecule has 1 aliphatic carbocycles. The highest BCUT2D eigenvalue weighted by atomic mass is 35.5. The molecule has 3 aromatic carbocycles. The van der Waals surface area contributed by atoms with E-state index in [0.717, 1.165) is 60.1 Å². The van der Waals surface area contributed by atoms with Gasteiger partial charge in [0.25, 0.3) is 5.91 Å². The number of aryl methyl sites for hydroxylation is 1. The van der Waals surface area contributed by atoms with Crippen molar-refractivity contribution in [2.24, 2.45) is 0 Å². The number of nitrogens with zero attached hydrogens (tertiary/aromatic N) is 3. The van der Waals surface area contributed by atoms with Gasteiger partial charge < -0.3 is 29.1 Å². The zero-order chi connectivity index (χ0) is 37.2. The molecule has 13 heteroatoms. The van der Waals surface area contributed by atoms with Gasteiger partial charge in [0.15, 0.2) is 5.76 Å². The van der Waals surface area contributed by atoms with Gasteiger partial charge in [-0.2, -0.15) is 0 Å². The third-order valence-electron chi connectivity index (χ3n) is 10.0. The molecular weight excluding hydrogens is 725 g/mol. The van der Waals surface area contributed by atoms with E-state index in [4.69, 9.17) is 37.2 Å². The molecule has 3 aliphatic rings. The average Bonchev–Trinajstić information content (AvgIpc) is 3.89. The molecular formula is C40H40Cl2F2N4O5. The van der Waals surface area contributed by atoms with Gasteiger partial charge in [0.2, 0.25) is 5.91 Å². The summed E-state index contributed by atoms with van der Waals surface area (Å²) >= 11 is 12.7. The molecule has 0 radical (unpaired) electrons. The maximum Gasteiger partial charge on any atom is 0.252 e. The molecule has 9 nitrogen and oxygen atoms in total. The van der Waals surface area contributed by atoms with E-state index >= 15 is 0 Å². The molecule has 278 valence electrons. The normalized spacial score (nSPS) is 18.3. The van der Waals surface area contributed by atoms with Gasteiger partial charge in [-0.15, -0.1) is 0 Å². The lowest BCUT2D eigenvalue weighted by atomic mass is 9.82. The first kappa shape index (κ1) is 37.0. The van der Waals surface area contributed by atoms with Crippen LogP contribution in [0, 0.1) is 11.6 Å². The lowest BCUT2D eigenvalue weighted by Gasteiger charge is -2.44. The number of hydrogen-bond donors (Lipinski definition) is 1. The first-order valence-electron chi connectivity index (χ1n) is 17.7. The molecule has 4 aromatic rings. The summed E-state index contributed by atoms with van der Waals surface area (Å²) in [5.74, 6) is -0.726. The summed E-state index contributed by atoms with van der Waals surface area (Å²) in [7, 11) is 1.69. The van der Waals surface area contributed by atoms with Crippen LogP contribution in [-0.4, -0.2) is 71.7 Å². The molecule has 1 N–H and O–H groups in total. The second-order valence-corrected chi connectivity index (χ2v) is 14.6. The predicted octanol–water partition coefficient (Wildman–Crippen LogP) is 7.62. The van der Waals surface area contributed by atoms with Crippen LogP contribution >= 0.6 is 23.2 Å². The minimum atomic E-state index is -0.763. The van der Waals surface area contributed by atoms with E-state index in [1.807, 2.05) is 46.2 Å². The standard InChI is InChI=1S/C40H40Cl2F2N4O5/c1-23(49)47-20-27-17-31(25-6-10-29(11-7-25)52-22-30-18-35(46-53-30)38-33(43)13-14-34(44)39(38)42)37(36(21-47)45-27)40(50)48(28-8-9-28)19-26-16-24(4-3-15-51-2)5-12-32(26)41/h5-7,10-14,16,18,27-28,36,45H,3-4,8-9,15,17,19-22H2,1-2H3/t27-,36+/m1/s1. The average molecular weight is 766 g/mol. The number of carbonyl (C=O) groups excluding carboxylic acids is 2. The Bertz CT molecular complexity index is 2030. The number of nitrogens with one attached hydrogen (secondary N) is 1. The molecule has 1 saturated heterocycles. The van der Waals surface area contributed by atoms with E-state index in [1.165, 1.54) is 6.07 Å². The maximum atomic E-state index is 14.8. The number of benzene rings is 3. The number of methoxy groups -OCH3 is 1. The second kappa shape index (κ2) is 16.0. The summed E-state index contributed by atoms with van der Waals surface area (Å²) in [5.41, 5.74) is 4.42. The van der Waals surface area contributed by atoms with Crippen molar-refractivity contribution in [2.75, 3.05) is 26.8 Å². The van der Waals surface area contributed by atoms with Gasteiger partial charge in [-0.25, -0.2) is 8.78 Å². The third kappa shape index (κ3) is 8.28. The van der Waals surface area contributed by atoms with Gasteiger partial charge in [0, 0.05) is 69.0 Å². The van der Waals surface area contributed by atoms with Crippen LogP contribution in [0.2, 0.25) is 10.0 Å². The van der Waals surface area contributed by atoms with Crippen molar-refractivity contribution in [3.63, 3.8) is 0 Å².